The number of likely N-dealkylation sites (tertiary alicyclic amines) is 1. The molecule has 8 heteroatoms. The molecule has 1 fully saturated rings. The molecule has 1 aromatic heterocycles. The number of nitrogens with zero attached hydrogens (tertiary/aromatic N) is 2. The minimum atomic E-state index is -0.803. The van der Waals surface area contributed by atoms with Crippen molar-refractivity contribution in [3.8, 4) is 0 Å². The minimum Gasteiger partial charge on any atom is -0.389 e. The van der Waals surface area contributed by atoms with Gasteiger partial charge in [-0.3, -0.25) is 9.59 Å². The zero-order valence-electron chi connectivity index (χ0n) is 13.2. The predicted molar refractivity (Wildman–Crippen MR) is 86.4 cm³/mol. The second-order valence-corrected chi connectivity index (χ2v) is 6.06. The number of ether oxygens (including phenoxy) is 1. The van der Waals surface area contributed by atoms with Crippen LogP contribution in [0.1, 0.15) is 16.8 Å². The largest absolute Gasteiger partial charge is 0.389 e. The normalized spacial score (nSPS) is 21.1. The van der Waals surface area contributed by atoms with Crippen molar-refractivity contribution < 1.29 is 19.4 Å². The Morgan fingerprint density at radius 2 is 2.35 bits per heavy atom. The molecule has 2 rings (SSSR count). The zero-order valence-corrected chi connectivity index (χ0v) is 14.0. The molecule has 2 amide bonds. The van der Waals surface area contributed by atoms with Crippen LogP contribution in [0.15, 0.2) is 23.4 Å². The van der Waals surface area contributed by atoms with Gasteiger partial charge in [0.15, 0.2) is 0 Å². The number of hydrogen-bond acceptors (Lipinski definition) is 6. The van der Waals surface area contributed by atoms with Gasteiger partial charge in [-0.25, -0.2) is 4.98 Å². The molecule has 7 nitrogen and oxygen atoms in total. The molecule has 0 unspecified atom stereocenters. The highest BCUT2D eigenvalue weighted by atomic mass is 32.2. The summed E-state index contributed by atoms with van der Waals surface area (Å²) < 4.78 is 4.81. The van der Waals surface area contributed by atoms with Crippen LogP contribution in [-0.4, -0.2) is 72.0 Å². The van der Waals surface area contributed by atoms with E-state index in [-0.39, 0.29) is 31.0 Å². The Hall–Kier alpha value is -1.64. The van der Waals surface area contributed by atoms with E-state index in [0.717, 1.165) is 0 Å². The van der Waals surface area contributed by atoms with Crippen LogP contribution >= 0.6 is 11.8 Å². The van der Waals surface area contributed by atoms with Crippen LogP contribution in [0.2, 0.25) is 0 Å². The van der Waals surface area contributed by atoms with Gasteiger partial charge in [0.05, 0.1) is 17.7 Å². The van der Waals surface area contributed by atoms with Crippen LogP contribution in [0.25, 0.3) is 0 Å². The minimum absolute atomic E-state index is 0.00346. The molecule has 2 atom stereocenters. The summed E-state index contributed by atoms with van der Waals surface area (Å²) in [6.07, 6.45) is 3.19. The number of amides is 2. The zero-order chi connectivity index (χ0) is 16.8. The van der Waals surface area contributed by atoms with Crippen LogP contribution in [0.4, 0.5) is 0 Å². The van der Waals surface area contributed by atoms with Crippen molar-refractivity contribution in [2.45, 2.75) is 23.6 Å². The van der Waals surface area contributed by atoms with E-state index in [1.54, 1.807) is 23.2 Å². The highest BCUT2D eigenvalue weighted by Crippen LogP contribution is 2.18. The first-order valence-electron chi connectivity index (χ1n) is 7.31. The van der Waals surface area contributed by atoms with Gasteiger partial charge in [0.2, 0.25) is 5.91 Å². The molecule has 0 aromatic carbocycles. The Bertz CT molecular complexity index is 569. The molecule has 0 radical (unpaired) electrons. The number of carbonyl (C=O) groups excluding carboxylic acids is 2. The molecule has 126 valence electrons. The third kappa shape index (κ3) is 4.43. The van der Waals surface area contributed by atoms with E-state index >= 15 is 0 Å². The monoisotopic (exact) mass is 339 g/mol. The smallest absolute Gasteiger partial charge is 0.254 e. The third-order valence-electron chi connectivity index (χ3n) is 3.73. The number of aromatic nitrogens is 1. The van der Waals surface area contributed by atoms with Crippen molar-refractivity contribution >= 4 is 23.6 Å². The number of hydrogen-bond donors (Lipinski definition) is 2. The molecule has 2 heterocycles. The molecular formula is C15H21N3O4S. The third-order valence-corrected chi connectivity index (χ3v) is 4.44. The number of pyridine rings is 1. The van der Waals surface area contributed by atoms with Gasteiger partial charge in [0.25, 0.3) is 5.91 Å². The molecule has 0 aliphatic carbocycles. The molecule has 0 saturated carbocycles. The number of nitrogens with one attached hydrogen (secondary N) is 1. The average Bonchev–Trinajstić information content (AvgIpc) is 2.56. The summed E-state index contributed by atoms with van der Waals surface area (Å²) in [5.74, 6) is -0.420. The molecule has 1 aromatic rings. The van der Waals surface area contributed by atoms with E-state index in [1.807, 2.05) is 6.26 Å². The van der Waals surface area contributed by atoms with E-state index in [1.165, 1.54) is 18.9 Å². The van der Waals surface area contributed by atoms with E-state index in [2.05, 4.69) is 10.3 Å². The summed E-state index contributed by atoms with van der Waals surface area (Å²) in [4.78, 5) is 29.9. The first kappa shape index (κ1) is 17.7. The fraction of sp³-hybridized carbons (Fsp3) is 0.533. The number of carbonyl (C=O) groups is 2. The number of aliphatic hydroxyl groups is 1. The van der Waals surface area contributed by atoms with Crippen LogP contribution in [-0.2, 0) is 9.53 Å². The number of rotatable bonds is 5. The van der Waals surface area contributed by atoms with Crippen molar-refractivity contribution in [2.24, 2.45) is 0 Å². The fourth-order valence-corrected chi connectivity index (χ4v) is 3.06. The van der Waals surface area contributed by atoms with Gasteiger partial charge in [-0.05, 0) is 24.8 Å². The number of piperidine rings is 1. The first-order valence-corrected chi connectivity index (χ1v) is 8.54. The highest BCUT2D eigenvalue weighted by Gasteiger charge is 2.31. The lowest BCUT2D eigenvalue weighted by Gasteiger charge is -2.36. The van der Waals surface area contributed by atoms with Gasteiger partial charge in [0.1, 0.15) is 11.6 Å². The molecule has 1 aliphatic heterocycles. The van der Waals surface area contributed by atoms with Gasteiger partial charge in [0, 0.05) is 26.4 Å². The summed E-state index contributed by atoms with van der Waals surface area (Å²) >= 11 is 1.40. The molecule has 2 N–H and O–H groups in total. The van der Waals surface area contributed by atoms with Gasteiger partial charge in [-0.2, -0.15) is 0 Å². The van der Waals surface area contributed by atoms with Crippen molar-refractivity contribution in [3.63, 3.8) is 0 Å². The average molecular weight is 339 g/mol. The summed E-state index contributed by atoms with van der Waals surface area (Å²) in [5, 5.41) is 13.7. The quantitative estimate of drug-likeness (QED) is 0.742. The molecule has 0 bridgehead atoms. The second-order valence-electron chi connectivity index (χ2n) is 5.27. The maximum atomic E-state index is 12.4. The van der Waals surface area contributed by atoms with Gasteiger partial charge < -0.3 is 20.1 Å². The Morgan fingerprint density at radius 1 is 1.57 bits per heavy atom. The Morgan fingerprint density at radius 3 is 3.00 bits per heavy atom. The van der Waals surface area contributed by atoms with Crippen molar-refractivity contribution in [1.82, 2.24) is 15.2 Å². The van der Waals surface area contributed by atoms with Gasteiger partial charge in [-0.1, -0.05) is 0 Å². The maximum Gasteiger partial charge on any atom is 0.254 e. The molecule has 0 spiro atoms. The predicted octanol–water partition coefficient (Wildman–Crippen LogP) is 0.141. The number of aliphatic hydroxyl groups excluding tert-OH is 1. The summed E-state index contributed by atoms with van der Waals surface area (Å²) in [7, 11) is 1.46. The second kappa shape index (κ2) is 8.28. The standard InChI is InChI=1S/C15H21N3O4S/c1-22-9-13(20)18-7-5-11(12(19)8-18)17-14(21)10-4-3-6-16-15(10)23-2/h3-4,6,11-12,19H,5,7-9H2,1-2H3,(H,17,21)/t11-,12-/m1/s1. The van der Waals surface area contributed by atoms with Crippen molar-refractivity contribution in [2.75, 3.05) is 33.1 Å². The lowest BCUT2D eigenvalue weighted by Crippen LogP contribution is -2.55. The lowest BCUT2D eigenvalue weighted by molar-refractivity contribution is -0.138. The Kier molecular flexibility index (Phi) is 6.37. The van der Waals surface area contributed by atoms with E-state index in [4.69, 9.17) is 4.74 Å². The fourth-order valence-electron chi connectivity index (χ4n) is 2.51. The van der Waals surface area contributed by atoms with Crippen LogP contribution in [0.3, 0.4) is 0 Å². The van der Waals surface area contributed by atoms with Crippen LogP contribution in [0, 0.1) is 0 Å². The van der Waals surface area contributed by atoms with Crippen LogP contribution < -0.4 is 5.32 Å². The SMILES string of the molecule is COCC(=O)N1CC[C@@H](NC(=O)c2cccnc2SC)[C@H](O)C1. The summed E-state index contributed by atoms with van der Waals surface area (Å²) in [5.41, 5.74) is 0.491. The molecule has 1 saturated heterocycles. The summed E-state index contributed by atoms with van der Waals surface area (Å²) in [6.45, 7) is 0.665. The van der Waals surface area contributed by atoms with E-state index in [9.17, 15) is 14.7 Å². The van der Waals surface area contributed by atoms with Gasteiger partial charge >= 0.3 is 0 Å². The first-order chi connectivity index (χ1) is 11.1. The highest BCUT2D eigenvalue weighted by molar-refractivity contribution is 7.98. The molecular weight excluding hydrogens is 318 g/mol. The van der Waals surface area contributed by atoms with E-state index < -0.39 is 6.10 Å². The maximum absolute atomic E-state index is 12.4. The summed E-state index contributed by atoms with van der Waals surface area (Å²) in [6, 6.07) is 3.03. The van der Waals surface area contributed by atoms with Crippen molar-refractivity contribution in [3.05, 3.63) is 23.9 Å². The van der Waals surface area contributed by atoms with Crippen LogP contribution in [0.5, 0.6) is 0 Å². The number of methoxy groups -OCH3 is 1. The number of thioether (sulfide) groups is 1. The van der Waals surface area contributed by atoms with Crippen molar-refractivity contribution in [1.29, 1.82) is 0 Å². The Labute approximate surface area is 139 Å². The Balaban J connectivity index is 1.96. The van der Waals surface area contributed by atoms with Gasteiger partial charge in [-0.15, -0.1) is 11.8 Å². The van der Waals surface area contributed by atoms with E-state index in [0.29, 0.717) is 23.6 Å². The lowest BCUT2D eigenvalue weighted by atomic mass is 10.0. The molecule has 23 heavy (non-hydrogen) atoms. The topological polar surface area (TPSA) is 91.8 Å². The molecule has 1 aliphatic rings. The number of β-amino-alcohol motifs (C(OH)–C–C–N with tert-alkyl or cyclic N) is 1.